The number of aliphatic hydroxyl groups excluding tert-OH is 1. The molecule has 166 valence electrons. The number of nitrogens with one attached hydrogen (secondary N) is 2. The maximum absolute atomic E-state index is 9.46. The van der Waals surface area contributed by atoms with Crippen LogP contribution in [0.5, 0.6) is 0 Å². The molecule has 8 heteroatoms. The summed E-state index contributed by atoms with van der Waals surface area (Å²) in [6.07, 6.45) is 3.35. The second kappa shape index (κ2) is 8.88. The van der Waals surface area contributed by atoms with E-state index in [0.717, 1.165) is 41.7 Å². The Morgan fingerprint density at radius 3 is 2.94 bits per heavy atom. The lowest BCUT2D eigenvalue weighted by Gasteiger charge is -2.34. The van der Waals surface area contributed by atoms with E-state index in [-0.39, 0.29) is 11.4 Å². The Labute approximate surface area is 199 Å². The fourth-order valence-electron chi connectivity index (χ4n) is 4.41. The topological polar surface area (TPSA) is 82.0 Å². The Balaban J connectivity index is 1.46. The van der Waals surface area contributed by atoms with Gasteiger partial charge >= 0.3 is 0 Å². The van der Waals surface area contributed by atoms with E-state index in [1.54, 1.807) is 12.1 Å². The molecule has 2 aromatic heterocycles. The minimum absolute atomic E-state index is 0.0206. The van der Waals surface area contributed by atoms with E-state index in [4.69, 9.17) is 19.1 Å². The summed E-state index contributed by atoms with van der Waals surface area (Å²) in [5, 5.41) is 13.6. The zero-order valence-corrected chi connectivity index (χ0v) is 18.3. The molecule has 7 nitrogen and oxygen atoms in total. The molecule has 0 bridgehead atoms. The number of fused-ring (bicyclic) bond motifs is 2. The fourth-order valence-corrected chi connectivity index (χ4v) is 4.67. The summed E-state index contributed by atoms with van der Waals surface area (Å²) in [5.74, 6) is 0.967. The molecule has 0 amide bonds. The van der Waals surface area contributed by atoms with Gasteiger partial charge in [-0.3, -0.25) is 0 Å². The van der Waals surface area contributed by atoms with E-state index in [9.17, 15) is 5.11 Å². The predicted octanol–water partition coefficient (Wildman–Crippen LogP) is 4.48. The first-order valence-electron chi connectivity index (χ1n) is 13.2. The quantitative estimate of drug-likeness (QED) is 0.373. The van der Waals surface area contributed by atoms with Crippen molar-refractivity contribution in [3.63, 3.8) is 0 Å². The number of benzene rings is 2. The van der Waals surface area contributed by atoms with Crippen LogP contribution in [0.1, 0.15) is 32.1 Å². The number of rotatable bonds is 6. The number of aromatic amines is 1. The first-order chi connectivity index (χ1) is 17.6. The van der Waals surface area contributed by atoms with Gasteiger partial charge in [-0.2, -0.15) is 0 Å². The van der Waals surface area contributed by atoms with E-state index in [1.165, 1.54) is 6.33 Å². The Hall–Kier alpha value is -2.97. The van der Waals surface area contributed by atoms with Crippen LogP contribution in [0, 0.1) is 10.7 Å². The number of anilines is 2. The summed E-state index contributed by atoms with van der Waals surface area (Å²) in [5.41, 5.74) is 3.62. The molecule has 1 saturated heterocycles. The highest BCUT2D eigenvalue weighted by Gasteiger charge is 2.20. The van der Waals surface area contributed by atoms with Crippen LogP contribution < -0.4 is 10.2 Å². The van der Waals surface area contributed by atoms with Crippen LogP contribution in [0.2, 0.25) is 0 Å². The Morgan fingerprint density at radius 2 is 2.12 bits per heavy atom. The predicted molar refractivity (Wildman–Crippen MR) is 132 cm³/mol. The van der Waals surface area contributed by atoms with Crippen LogP contribution in [-0.4, -0.2) is 44.3 Å². The second-order valence-electron chi connectivity index (χ2n) is 8.08. The minimum atomic E-state index is -2.91. The number of aryl methyl sites for hydroxylation is 1. The molecule has 0 atom stereocenters. The van der Waals surface area contributed by atoms with Gasteiger partial charge < -0.3 is 24.9 Å². The highest BCUT2D eigenvalue weighted by molar-refractivity contribution is 7.71. The first kappa shape index (κ1) is 15.8. The monoisotopic (exact) mass is 453 g/mol. The van der Waals surface area contributed by atoms with Crippen LogP contribution in [0.25, 0.3) is 21.9 Å². The van der Waals surface area contributed by atoms with Gasteiger partial charge in [0.2, 0.25) is 0 Å². The van der Waals surface area contributed by atoms with Crippen molar-refractivity contribution >= 4 is 45.7 Å². The van der Waals surface area contributed by atoms with Gasteiger partial charge in [0.1, 0.15) is 12.1 Å². The van der Waals surface area contributed by atoms with Crippen LogP contribution in [0.4, 0.5) is 11.5 Å². The van der Waals surface area contributed by atoms with Crippen LogP contribution in [-0.2, 0) is 13.0 Å². The molecular formula is C24H28N6OS. The fraction of sp³-hybridized carbons (Fsp3) is 0.375. The lowest BCUT2D eigenvalue weighted by Crippen LogP contribution is -2.35. The number of piperidine rings is 1. The van der Waals surface area contributed by atoms with Crippen molar-refractivity contribution < 1.29 is 12.0 Å². The molecular weight excluding hydrogens is 420 g/mol. The summed E-state index contributed by atoms with van der Waals surface area (Å²) in [6.45, 7) is -3.04. The van der Waals surface area contributed by atoms with Crippen molar-refractivity contribution in [3.8, 4) is 0 Å². The number of hydrogen-bond acceptors (Lipinski definition) is 6. The average molecular weight is 454 g/mol. The molecule has 4 aromatic rings. The molecule has 1 fully saturated rings. The summed E-state index contributed by atoms with van der Waals surface area (Å²) in [7, 11) is 0. The van der Waals surface area contributed by atoms with E-state index in [1.807, 2.05) is 12.1 Å². The second-order valence-corrected chi connectivity index (χ2v) is 8.47. The van der Waals surface area contributed by atoms with E-state index in [0.29, 0.717) is 40.2 Å². The van der Waals surface area contributed by atoms with E-state index >= 15 is 0 Å². The van der Waals surface area contributed by atoms with Crippen molar-refractivity contribution in [1.29, 1.82) is 0 Å². The smallest absolute Gasteiger partial charge is 0.178 e. The van der Waals surface area contributed by atoms with Crippen LogP contribution in [0.15, 0.2) is 42.7 Å². The largest absolute Gasteiger partial charge is 0.396 e. The lowest BCUT2D eigenvalue weighted by molar-refractivity contribution is 0.203. The number of para-hydroxylation sites is 1. The molecule has 1 aliphatic heterocycles. The minimum Gasteiger partial charge on any atom is -0.396 e. The standard InChI is InChI=1S/C24H28N6OS/c1-2-30-22-12-19-18(11-20(22)28-24(30)32)23(27-15-26-19)25-13-17-5-3-4-6-21(17)29-9-7-16(14-31)8-10-29/h3-6,11-12,15-16,31H,2,7-10,13-14H2,1H3,(H,28,32)(H,25,26,27)/i1D3,2D2. The zero-order chi connectivity index (χ0) is 26.4. The van der Waals surface area contributed by atoms with E-state index in [2.05, 4.69) is 37.3 Å². The van der Waals surface area contributed by atoms with Crippen molar-refractivity contribution in [2.75, 3.05) is 29.9 Å². The first-order valence-corrected chi connectivity index (χ1v) is 11.1. The third-order valence-corrected chi connectivity index (χ3v) is 6.49. The van der Waals surface area contributed by atoms with Gasteiger partial charge in [-0.05, 0) is 61.6 Å². The Kier molecular flexibility index (Phi) is 4.38. The van der Waals surface area contributed by atoms with Crippen molar-refractivity contribution in [2.24, 2.45) is 5.92 Å². The number of H-pyrrole nitrogens is 1. The Morgan fingerprint density at radius 1 is 1.28 bits per heavy atom. The van der Waals surface area contributed by atoms with Gasteiger partial charge in [0.15, 0.2) is 4.77 Å². The van der Waals surface area contributed by atoms with Crippen molar-refractivity contribution in [3.05, 3.63) is 53.1 Å². The normalized spacial score (nSPS) is 18.2. The highest BCUT2D eigenvalue weighted by atomic mass is 32.1. The number of imidazole rings is 1. The summed E-state index contributed by atoms with van der Waals surface area (Å²) < 4.78 is 40.4. The van der Waals surface area contributed by atoms with Gasteiger partial charge in [-0.15, -0.1) is 0 Å². The molecule has 32 heavy (non-hydrogen) atoms. The molecule has 0 spiro atoms. The van der Waals surface area contributed by atoms with Crippen molar-refractivity contribution in [2.45, 2.75) is 32.7 Å². The molecule has 0 unspecified atom stereocenters. The van der Waals surface area contributed by atoms with Gasteiger partial charge in [0.25, 0.3) is 0 Å². The number of nitrogens with zero attached hydrogens (tertiary/aromatic N) is 4. The van der Waals surface area contributed by atoms with Gasteiger partial charge in [-0.25, -0.2) is 9.97 Å². The molecule has 3 N–H and O–H groups in total. The third kappa shape index (κ3) is 3.84. The maximum Gasteiger partial charge on any atom is 0.178 e. The molecule has 0 aliphatic carbocycles. The van der Waals surface area contributed by atoms with Crippen molar-refractivity contribution in [1.82, 2.24) is 19.5 Å². The summed E-state index contributed by atoms with van der Waals surface area (Å²) in [6, 6.07) is 11.6. The number of aromatic nitrogens is 4. The zero-order valence-electron chi connectivity index (χ0n) is 22.5. The third-order valence-electron chi connectivity index (χ3n) is 6.20. The molecule has 1 aliphatic rings. The summed E-state index contributed by atoms with van der Waals surface area (Å²) in [4.78, 5) is 14.1. The van der Waals surface area contributed by atoms with Crippen LogP contribution >= 0.6 is 12.2 Å². The molecule has 5 rings (SSSR count). The van der Waals surface area contributed by atoms with E-state index < -0.39 is 13.3 Å². The lowest BCUT2D eigenvalue weighted by atomic mass is 9.97. The summed E-state index contributed by atoms with van der Waals surface area (Å²) >= 11 is 5.30. The molecule has 0 saturated carbocycles. The van der Waals surface area contributed by atoms with Gasteiger partial charge in [0, 0.05) is 50.7 Å². The van der Waals surface area contributed by atoms with Crippen LogP contribution in [0.3, 0.4) is 0 Å². The molecule has 0 radical (unpaired) electrons. The SMILES string of the molecule is [2H]C([2H])([2H])C([2H])([2H])n1c(=S)[nH]c2cc3c(NCc4ccccc4N4CCC(CO)CC4)ncnc3cc21. The number of aliphatic hydroxyl groups is 1. The molecule has 2 aromatic carbocycles. The Bertz CT molecular complexity index is 1490. The maximum atomic E-state index is 9.46. The molecule has 3 heterocycles. The highest BCUT2D eigenvalue weighted by Crippen LogP contribution is 2.29. The number of hydrogen-bond donors (Lipinski definition) is 3. The van der Waals surface area contributed by atoms with Gasteiger partial charge in [0.05, 0.1) is 16.6 Å². The average Bonchev–Trinajstić information content (AvgIpc) is 3.20. The van der Waals surface area contributed by atoms with Gasteiger partial charge in [-0.1, -0.05) is 18.2 Å².